The fourth-order valence-electron chi connectivity index (χ4n) is 2.60. The Balaban J connectivity index is 2.14. The van der Waals surface area contributed by atoms with Crippen molar-refractivity contribution in [2.45, 2.75) is 31.7 Å². The van der Waals surface area contributed by atoms with Crippen LogP contribution in [0, 0.1) is 5.92 Å². The van der Waals surface area contributed by atoms with Crippen molar-refractivity contribution in [1.82, 2.24) is 4.90 Å². The Kier molecular flexibility index (Phi) is 2.44. The van der Waals surface area contributed by atoms with Crippen molar-refractivity contribution in [3.63, 3.8) is 0 Å². The summed E-state index contributed by atoms with van der Waals surface area (Å²) in [5.41, 5.74) is 0. The second-order valence-electron chi connectivity index (χ2n) is 4.02. The zero-order chi connectivity index (χ0) is 10.1. The van der Waals surface area contributed by atoms with Crippen LogP contribution in [0.2, 0.25) is 0 Å². The maximum absolute atomic E-state index is 11.7. The molecule has 2 fully saturated rings. The zero-order valence-electron chi connectivity index (χ0n) is 8.36. The molecule has 1 heterocycles. The van der Waals surface area contributed by atoms with E-state index in [1.165, 1.54) is 7.11 Å². The number of hydrogen-bond donors (Lipinski definition) is 0. The molecule has 2 atom stereocenters. The molecule has 1 aliphatic carbocycles. The molecule has 2 rings (SSSR count). The third-order valence-electron chi connectivity index (χ3n) is 3.26. The number of nitrogens with zero attached hydrogens (tertiary/aromatic N) is 1. The van der Waals surface area contributed by atoms with Crippen LogP contribution in [0.15, 0.2) is 0 Å². The van der Waals surface area contributed by atoms with E-state index in [1.54, 1.807) is 4.90 Å². The molecule has 0 aromatic carbocycles. The van der Waals surface area contributed by atoms with Crippen molar-refractivity contribution in [3.8, 4) is 0 Å². The van der Waals surface area contributed by atoms with Crippen LogP contribution in [-0.2, 0) is 9.53 Å². The summed E-state index contributed by atoms with van der Waals surface area (Å²) in [5.74, 6) is 0.597. The van der Waals surface area contributed by atoms with E-state index >= 15 is 0 Å². The van der Waals surface area contributed by atoms with E-state index in [0.29, 0.717) is 18.9 Å². The van der Waals surface area contributed by atoms with Crippen molar-refractivity contribution >= 4 is 11.9 Å². The standard InChI is InChI=1S/C10H15NO3/c1-14-10(13)11-6-5-7-3-2-4-8(12)9(7)11/h7,9H,2-6H2,1H3/t7-,9+/m1/s1. The normalized spacial score (nSPS) is 31.5. The SMILES string of the molecule is COC(=O)N1CC[C@H]2CCCC(=O)[C@H]21. The smallest absolute Gasteiger partial charge is 0.410 e. The highest BCUT2D eigenvalue weighted by Gasteiger charge is 2.43. The number of ether oxygens (including phenoxy) is 1. The average Bonchev–Trinajstić information content (AvgIpc) is 2.62. The number of likely N-dealkylation sites (tertiary alicyclic amines) is 1. The van der Waals surface area contributed by atoms with E-state index in [-0.39, 0.29) is 17.9 Å². The third-order valence-corrected chi connectivity index (χ3v) is 3.26. The van der Waals surface area contributed by atoms with Crippen LogP contribution in [0.25, 0.3) is 0 Å². The number of fused-ring (bicyclic) bond motifs is 1. The largest absolute Gasteiger partial charge is 0.453 e. The highest BCUT2D eigenvalue weighted by atomic mass is 16.5. The lowest BCUT2D eigenvalue weighted by molar-refractivity contribution is -0.125. The monoisotopic (exact) mass is 197 g/mol. The van der Waals surface area contributed by atoms with Crippen LogP contribution < -0.4 is 0 Å². The van der Waals surface area contributed by atoms with E-state index in [1.807, 2.05) is 0 Å². The average molecular weight is 197 g/mol. The quantitative estimate of drug-likeness (QED) is 0.586. The highest BCUT2D eigenvalue weighted by Crippen LogP contribution is 2.34. The van der Waals surface area contributed by atoms with Gasteiger partial charge in [-0.1, -0.05) is 0 Å². The first-order chi connectivity index (χ1) is 6.74. The summed E-state index contributed by atoms with van der Waals surface area (Å²) in [4.78, 5) is 24.6. The van der Waals surface area contributed by atoms with Gasteiger partial charge >= 0.3 is 6.09 Å². The topological polar surface area (TPSA) is 46.6 Å². The van der Waals surface area contributed by atoms with E-state index in [4.69, 9.17) is 0 Å². The van der Waals surface area contributed by atoms with Gasteiger partial charge in [-0.2, -0.15) is 0 Å². The van der Waals surface area contributed by atoms with Gasteiger partial charge in [0.25, 0.3) is 0 Å². The maximum Gasteiger partial charge on any atom is 0.410 e. The molecule has 1 saturated carbocycles. The highest BCUT2D eigenvalue weighted by molar-refractivity contribution is 5.88. The van der Waals surface area contributed by atoms with Crippen LogP contribution in [-0.4, -0.2) is 36.5 Å². The molecular formula is C10H15NO3. The number of carbonyl (C=O) groups is 2. The number of methoxy groups -OCH3 is 1. The summed E-state index contributed by atoms with van der Waals surface area (Å²) in [5, 5.41) is 0. The molecular weight excluding hydrogens is 182 g/mol. The molecule has 1 aliphatic heterocycles. The minimum atomic E-state index is -0.354. The molecule has 0 N–H and O–H groups in total. The molecule has 2 aliphatic rings. The van der Waals surface area contributed by atoms with E-state index < -0.39 is 0 Å². The summed E-state index contributed by atoms with van der Waals surface area (Å²) in [7, 11) is 1.36. The molecule has 0 bridgehead atoms. The summed E-state index contributed by atoms with van der Waals surface area (Å²) in [6.07, 6.45) is 3.27. The Morgan fingerprint density at radius 3 is 3.00 bits per heavy atom. The fourth-order valence-corrected chi connectivity index (χ4v) is 2.60. The molecule has 14 heavy (non-hydrogen) atoms. The maximum atomic E-state index is 11.7. The minimum absolute atomic E-state index is 0.184. The van der Waals surface area contributed by atoms with Gasteiger partial charge in [0.15, 0.2) is 5.78 Å². The van der Waals surface area contributed by atoms with Crippen LogP contribution in [0.5, 0.6) is 0 Å². The lowest BCUT2D eigenvalue weighted by Crippen LogP contribution is -2.44. The van der Waals surface area contributed by atoms with Crippen LogP contribution in [0.1, 0.15) is 25.7 Å². The zero-order valence-corrected chi connectivity index (χ0v) is 8.36. The Hall–Kier alpha value is -1.06. The van der Waals surface area contributed by atoms with Gasteiger partial charge in [-0.15, -0.1) is 0 Å². The minimum Gasteiger partial charge on any atom is -0.453 e. The van der Waals surface area contributed by atoms with Gasteiger partial charge in [0.2, 0.25) is 0 Å². The van der Waals surface area contributed by atoms with Crippen molar-refractivity contribution in [2.75, 3.05) is 13.7 Å². The molecule has 0 unspecified atom stereocenters. The molecule has 78 valence electrons. The lowest BCUT2D eigenvalue weighted by Gasteiger charge is -2.29. The van der Waals surface area contributed by atoms with Crippen molar-refractivity contribution < 1.29 is 14.3 Å². The van der Waals surface area contributed by atoms with Crippen LogP contribution >= 0.6 is 0 Å². The number of ketones is 1. The number of hydrogen-bond acceptors (Lipinski definition) is 3. The second kappa shape index (κ2) is 3.59. The van der Waals surface area contributed by atoms with Gasteiger partial charge < -0.3 is 4.74 Å². The molecule has 1 amide bonds. The third kappa shape index (κ3) is 1.38. The van der Waals surface area contributed by atoms with Crippen molar-refractivity contribution in [1.29, 1.82) is 0 Å². The van der Waals surface area contributed by atoms with Crippen molar-refractivity contribution in [3.05, 3.63) is 0 Å². The molecule has 0 aromatic rings. The molecule has 0 spiro atoms. The first-order valence-corrected chi connectivity index (χ1v) is 5.11. The Morgan fingerprint density at radius 1 is 1.50 bits per heavy atom. The van der Waals surface area contributed by atoms with Gasteiger partial charge in [0.05, 0.1) is 13.2 Å². The number of rotatable bonds is 0. The lowest BCUT2D eigenvalue weighted by atomic mass is 9.84. The summed E-state index contributed by atoms with van der Waals surface area (Å²) in [6, 6.07) is -0.184. The predicted molar refractivity (Wildman–Crippen MR) is 49.9 cm³/mol. The molecule has 4 heteroatoms. The van der Waals surface area contributed by atoms with E-state index in [2.05, 4.69) is 4.74 Å². The Morgan fingerprint density at radius 2 is 2.29 bits per heavy atom. The molecule has 1 saturated heterocycles. The van der Waals surface area contributed by atoms with Gasteiger partial charge in [-0.05, 0) is 25.2 Å². The van der Waals surface area contributed by atoms with Gasteiger partial charge in [0, 0.05) is 13.0 Å². The summed E-state index contributed by atoms with van der Waals surface area (Å²) in [6.45, 7) is 0.674. The van der Waals surface area contributed by atoms with Crippen molar-refractivity contribution in [2.24, 2.45) is 5.92 Å². The molecule has 0 aromatic heterocycles. The van der Waals surface area contributed by atoms with E-state index in [0.717, 1.165) is 19.3 Å². The molecule has 0 radical (unpaired) electrons. The first-order valence-electron chi connectivity index (χ1n) is 5.11. The summed E-state index contributed by atoms with van der Waals surface area (Å²) < 4.78 is 4.67. The number of Topliss-reactive ketones (excluding diaryl/α,β-unsaturated/α-hetero) is 1. The predicted octanol–water partition coefficient (Wildman–Crippen LogP) is 1.20. The summed E-state index contributed by atoms with van der Waals surface area (Å²) >= 11 is 0. The fraction of sp³-hybridized carbons (Fsp3) is 0.800. The molecule has 4 nitrogen and oxygen atoms in total. The van der Waals surface area contributed by atoms with Crippen LogP contribution in [0.3, 0.4) is 0 Å². The Bertz CT molecular complexity index is 264. The second-order valence-corrected chi connectivity index (χ2v) is 4.02. The van der Waals surface area contributed by atoms with E-state index in [9.17, 15) is 9.59 Å². The van der Waals surface area contributed by atoms with Gasteiger partial charge in [-0.3, -0.25) is 9.69 Å². The van der Waals surface area contributed by atoms with Gasteiger partial charge in [0.1, 0.15) is 0 Å². The van der Waals surface area contributed by atoms with Gasteiger partial charge in [-0.25, -0.2) is 4.79 Å². The Labute approximate surface area is 83.2 Å². The number of carbonyl (C=O) groups excluding carboxylic acids is 2. The van der Waals surface area contributed by atoms with Crippen LogP contribution in [0.4, 0.5) is 4.79 Å². The first kappa shape index (κ1) is 9.49. The number of amides is 1.